The summed E-state index contributed by atoms with van der Waals surface area (Å²) in [5.41, 5.74) is 2.60. The second kappa shape index (κ2) is 6.83. The van der Waals surface area contributed by atoms with Gasteiger partial charge in [0.1, 0.15) is 0 Å². The average molecular weight is 274 g/mol. The lowest BCUT2D eigenvalue weighted by Gasteiger charge is -2.04. The second-order valence-corrected chi connectivity index (χ2v) is 6.18. The summed E-state index contributed by atoms with van der Waals surface area (Å²) in [6, 6.07) is 10.6. The fourth-order valence-corrected chi connectivity index (χ4v) is 3.30. The minimum absolute atomic E-state index is 0.495. The maximum Gasteiger partial charge on any atom is 0.0975 e. The molecule has 0 unspecified atom stereocenters. The monoisotopic (exact) mass is 274 g/mol. The first-order chi connectivity index (χ1) is 9.20. The van der Waals surface area contributed by atoms with Crippen LogP contribution in [0.1, 0.15) is 47.8 Å². The van der Waals surface area contributed by atoms with Crippen LogP contribution in [-0.2, 0) is 13.0 Å². The maximum atomic E-state index is 4.84. The number of rotatable bonds is 6. The Hall–Kier alpha value is -1.19. The van der Waals surface area contributed by atoms with Crippen LogP contribution >= 0.6 is 11.3 Å². The first-order valence-corrected chi connectivity index (χ1v) is 7.75. The van der Waals surface area contributed by atoms with Crippen molar-refractivity contribution in [3.05, 3.63) is 51.5 Å². The lowest BCUT2D eigenvalue weighted by atomic mass is 10.1. The molecule has 0 aliphatic rings. The number of benzene rings is 1. The predicted molar refractivity (Wildman–Crippen MR) is 82.8 cm³/mol. The van der Waals surface area contributed by atoms with E-state index in [-0.39, 0.29) is 0 Å². The van der Waals surface area contributed by atoms with Crippen molar-refractivity contribution in [3.63, 3.8) is 0 Å². The van der Waals surface area contributed by atoms with Crippen LogP contribution in [0.5, 0.6) is 0 Å². The number of hydrogen-bond donors (Lipinski definition) is 1. The molecular weight excluding hydrogens is 252 g/mol. The molecule has 2 nitrogen and oxygen atoms in total. The summed E-state index contributed by atoms with van der Waals surface area (Å²) in [5, 5.41) is 4.63. The fraction of sp³-hybridized carbons (Fsp3) is 0.438. The second-order valence-electron chi connectivity index (χ2n) is 5.01. The first kappa shape index (κ1) is 14.2. The van der Waals surface area contributed by atoms with Gasteiger partial charge in [-0.25, -0.2) is 4.98 Å². The summed E-state index contributed by atoms with van der Waals surface area (Å²) in [6.07, 6.45) is 0.942. The standard InChI is InChI=1S/C16H22N2S/c1-4-17-11-14-16(12(2)3)18-15(19-14)10-13-8-6-5-7-9-13/h5-9,12,17H,4,10-11H2,1-3H3. The normalized spacial score (nSPS) is 11.2. The van der Waals surface area contributed by atoms with E-state index < -0.39 is 0 Å². The van der Waals surface area contributed by atoms with E-state index in [0.717, 1.165) is 19.5 Å². The molecule has 2 rings (SSSR count). The van der Waals surface area contributed by atoms with Gasteiger partial charge in [0.15, 0.2) is 0 Å². The van der Waals surface area contributed by atoms with Gasteiger partial charge < -0.3 is 5.32 Å². The highest BCUT2D eigenvalue weighted by molar-refractivity contribution is 7.11. The molecule has 1 N–H and O–H groups in total. The molecule has 1 aromatic heterocycles. The van der Waals surface area contributed by atoms with Gasteiger partial charge in [0, 0.05) is 17.8 Å². The first-order valence-electron chi connectivity index (χ1n) is 6.93. The van der Waals surface area contributed by atoms with Crippen LogP contribution in [-0.4, -0.2) is 11.5 Å². The van der Waals surface area contributed by atoms with Crippen molar-refractivity contribution in [1.82, 2.24) is 10.3 Å². The SMILES string of the molecule is CCNCc1sc(Cc2ccccc2)nc1C(C)C. The Morgan fingerprint density at radius 2 is 1.95 bits per heavy atom. The molecule has 0 saturated heterocycles. The van der Waals surface area contributed by atoms with Crippen molar-refractivity contribution in [2.75, 3.05) is 6.54 Å². The Labute approximate surface area is 119 Å². The molecule has 0 aliphatic carbocycles. The topological polar surface area (TPSA) is 24.9 Å². The van der Waals surface area contributed by atoms with E-state index in [1.165, 1.54) is 21.1 Å². The smallest absolute Gasteiger partial charge is 0.0975 e. The zero-order valence-corrected chi connectivity index (χ0v) is 12.8. The Morgan fingerprint density at radius 3 is 2.58 bits per heavy atom. The molecule has 0 spiro atoms. The number of thiazole rings is 1. The third kappa shape index (κ3) is 3.88. The van der Waals surface area contributed by atoms with Crippen LogP contribution in [0, 0.1) is 0 Å². The van der Waals surface area contributed by atoms with Crippen LogP contribution in [0.4, 0.5) is 0 Å². The number of hydrogen-bond acceptors (Lipinski definition) is 3. The zero-order chi connectivity index (χ0) is 13.7. The molecule has 2 aromatic rings. The van der Waals surface area contributed by atoms with Crippen molar-refractivity contribution in [3.8, 4) is 0 Å². The average Bonchev–Trinajstić information content (AvgIpc) is 2.80. The Balaban J connectivity index is 2.17. The van der Waals surface area contributed by atoms with Gasteiger partial charge in [-0.1, -0.05) is 51.1 Å². The van der Waals surface area contributed by atoms with Gasteiger partial charge in [-0.15, -0.1) is 11.3 Å². The molecule has 0 atom stereocenters. The van der Waals surface area contributed by atoms with E-state index in [4.69, 9.17) is 4.98 Å². The van der Waals surface area contributed by atoms with Crippen molar-refractivity contribution in [1.29, 1.82) is 0 Å². The summed E-state index contributed by atoms with van der Waals surface area (Å²) < 4.78 is 0. The van der Waals surface area contributed by atoms with Crippen LogP contribution in [0.2, 0.25) is 0 Å². The minimum atomic E-state index is 0.495. The van der Waals surface area contributed by atoms with Crippen LogP contribution in [0.15, 0.2) is 30.3 Å². The van der Waals surface area contributed by atoms with Crippen LogP contribution in [0.3, 0.4) is 0 Å². The highest BCUT2D eigenvalue weighted by Gasteiger charge is 2.13. The minimum Gasteiger partial charge on any atom is -0.312 e. The molecular formula is C16H22N2S. The van der Waals surface area contributed by atoms with E-state index in [1.807, 2.05) is 11.3 Å². The summed E-state index contributed by atoms with van der Waals surface area (Å²) in [5.74, 6) is 0.495. The predicted octanol–water partition coefficient (Wildman–Crippen LogP) is 3.97. The highest BCUT2D eigenvalue weighted by atomic mass is 32.1. The Morgan fingerprint density at radius 1 is 1.21 bits per heavy atom. The Kier molecular flexibility index (Phi) is 5.11. The zero-order valence-electron chi connectivity index (χ0n) is 11.9. The van der Waals surface area contributed by atoms with Gasteiger partial charge in [0.05, 0.1) is 10.7 Å². The number of nitrogens with zero attached hydrogens (tertiary/aromatic N) is 1. The lowest BCUT2D eigenvalue weighted by molar-refractivity contribution is 0.713. The fourth-order valence-electron chi connectivity index (χ4n) is 2.08. The molecule has 0 bridgehead atoms. The third-order valence-corrected chi connectivity index (χ3v) is 4.12. The van der Waals surface area contributed by atoms with Crippen molar-refractivity contribution in [2.24, 2.45) is 0 Å². The molecule has 3 heteroatoms. The molecule has 0 amide bonds. The summed E-state index contributed by atoms with van der Waals surface area (Å²) >= 11 is 1.85. The van der Waals surface area contributed by atoms with Gasteiger partial charge in [-0.3, -0.25) is 0 Å². The molecule has 0 radical (unpaired) electrons. The summed E-state index contributed by atoms with van der Waals surface area (Å²) in [7, 11) is 0. The highest BCUT2D eigenvalue weighted by Crippen LogP contribution is 2.26. The van der Waals surface area contributed by atoms with E-state index >= 15 is 0 Å². The maximum absolute atomic E-state index is 4.84. The van der Waals surface area contributed by atoms with Crippen molar-refractivity contribution >= 4 is 11.3 Å². The lowest BCUT2D eigenvalue weighted by Crippen LogP contribution is -2.12. The van der Waals surface area contributed by atoms with E-state index in [9.17, 15) is 0 Å². The van der Waals surface area contributed by atoms with E-state index in [1.54, 1.807) is 0 Å². The Bertz CT molecular complexity index is 503. The van der Waals surface area contributed by atoms with Crippen molar-refractivity contribution < 1.29 is 0 Å². The van der Waals surface area contributed by atoms with E-state index in [2.05, 4.69) is 56.4 Å². The molecule has 1 heterocycles. The molecule has 0 aliphatic heterocycles. The van der Waals surface area contributed by atoms with Gasteiger partial charge in [0.25, 0.3) is 0 Å². The largest absolute Gasteiger partial charge is 0.312 e. The van der Waals surface area contributed by atoms with Gasteiger partial charge in [-0.2, -0.15) is 0 Å². The van der Waals surface area contributed by atoms with Gasteiger partial charge in [-0.05, 0) is 18.0 Å². The molecule has 0 fully saturated rings. The number of aromatic nitrogens is 1. The molecule has 102 valence electrons. The van der Waals surface area contributed by atoms with Gasteiger partial charge in [0.2, 0.25) is 0 Å². The third-order valence-electron chi connectivity index (χ3n) is 3.05. The number of nitrogens with one attached hydrogen (secondary N) is 1. The van der Waals surface area contributed by atoms with Gasteiger partial charge >= 0.3 is 0 Å². The van der Waals surface area contributed by atoms with Crippen molar-refractivity contribution in [2.45, 2.75) is 39.7 Å². The van der Waals surface area contributed by atoms with E-state index in [0.29, 0.717) is 5.92 Å². The summed E-state index contributed by atoms with van der Waals surface area (Å²) in [4.78, 5) is 6.23. The molecule has 0 saturated carbocycles. The van der Waals surface area contributed by atoms with Crippen LogP contribution in [0.25, 0.3) is 0 Å². The molecule has 1 aromatic carbocycles. The molecule has 19 heavy (non-hydrogen) atoms. The quantitative estimate of drug-likeness (QED) is 0.862. The summed E-state index contributed by atoms with van der Waals surface area (Å²) in [6.45, 7) is 8.52. The van der Waals surface area contributed by atoms with Crippen LogP contribution < -0.4 is 5.32 Å².